The van der Waals surface area contributed by atoms with Crippen molar-refractivity contribution in [1.29, 1.82) is 0 Å². The molecule has 10 heteroatoms. The van der Waals surface area contributed by atoms with Crippen LogP contribution in [0.4, 0.5) is 10.1 Å². The fraction of sp³-hybridized carbons (Fsp3) is 0.250. The van der Waals surface area contributed by atoms with Crippen molar-refractivity contribution in [3.8, 4) is 28.6 Å². The van der Waals surface area contributed by atoms with E-state index >= 15 is 0 Å². The van der Waals surface area contributed by atoms with Crippen molar-refractivity contribution in [2.75, 3.05) is 51.1 Å². The minimum atomic E-state index is -0.243. The molecule has 1 fully saturated rings. The number of hydrogen-bond donors (Lipinski definition) is 0. The van der Waals surface area contributed by atoms with E-state index in [9.17, 15) is 9.18 Å². The third-order valence-electron chi connectivity index (χ3n) is 6.44. The molecule has 1 saturated heterocycles. The normalized spacial score (nSPS) is 13.4. The van der Waals surface area contributed by atoms with Crippen molar-refractivity contribution in [3.63, 3.8) is 0 Å². The summed E-state index contributed by atoms with van der Waals surface area (Å²) in [5.41, 5.74) is 2.27. The van der Waals surface area contributed by atoms with Crippen LogP contribution in [-0.4, -0.2) is 71.7 Å². The van der Waals surface area contributed by atoms with Crippen molar-refractivity contribution in [1.82, 2.24) is 19.7 Å². The van der Waals surface area contributed by atoms with Gasteiger partial charge in [0.15, 0.2) is 11.0 Å². The zero-order valence-electron chi connectivity index (χ0n) is 21.2. The molecule has 196 valence electrons. The summed E-state index contributed by atoms with van der Waals surface area (Å²) in [5, 5.41) is 9.49. The molecule has 38 heavy (non-hydrogen) atoms. The lowest BCUT2D eigenvalue weighted by Crippen LogP contribution is -2.49. The van der Waals surface area contributed by atoms with Gasteiger partial charge < -0.3 is 19.3 Å². The molecule has 0 spiro atoms. The lowest BCUT2D eigenvalue weighted by Gasteiger charge is -2.36. The van der Waals surface area contributed by atoms with Crippen LogP contribution in [0, 0.1) is 5.82 Å². The lowest BCUT2D eigenvalue weighted by atomic mass is 10.2. The van der Waals surface area contributed by atoms with Gasteiger partial charge in [-0.15, -0.1) is 10.2 Å². The Bertz CT molecular complexity index is 1400. The summed E-state index contributed by atoms with van der Waals surface area (Å²) in [6.45, 7) is 2.24. The Labute approximate surface area is 225 Å². The fourth-order valence-electron chi connectivity index (χ4n) is 4.40. The maximum Gasteiger partial charge on any atom is 0.233 e. The number of benzene rings is 3. The van der Waals surface area contributed by atoms with Crippen LogP contribution in [0.3, 0.4) is 0 Å². The summed E-state index contributed by atoms with van der Waals surface area (Å²) in [5.74, 6) is 2.08. The van der Waals surface area contributed by atoms with E-state index in [-0.39, 0.29) is 17.5 Å². The summed E-state index contributed by atoms with van der Waals surface area (Å²) in [6, 6.07) is 22.0. The smallest absolute Gasteiger partial charge is 0.233 e. The number of anilines is 1. The summed E-state index contributed by atoms with van der Waals surface area (Å²) < 4.78 is 26.8. The van der Waals surface area contributed by atoms with Gasteiger partial charge in [0.25, 0.3) is 0 Å². The van der Waals surface area contributed by atoms with Crippen molar-refractivity contribution >= 4 is 23.4 Å². The number of rotatable bonds is 8. The first-order valence-corrected chi connectivity index (χ1v) is 13.2. The minimum Gasteiger partial charge on any atom is -0.497 e. The highest BCUT2D eigenvalue weighted by Crippen LogP contribution is 2.31. The van der Waals surface area contributed by atoms with Gasteiger partial charge in [0, 0.05) is 37.4 Å². The van der Waals surface area contributed by atoms with E-state index in [4.69, 9.17) is 9.47 Å². The van der Waals surface area contributed by atoms with Crippen molar-refractivity contribution in [3.05, 3.63) is 78.6 Å². The van der Waals surface area contributed by atoms with Crippen molar-refractivity contribution < 1.29 is 18.7 Å². The van der Waals surface area contributed by atoms with Gasteiger partial charge in [-0.1, -0.05) is 36.0 Å². The van der Waals surface area contributed by atoms with E-state index in [1.165, 1.54) is 17.8 Å². The minimum absolute atomic E-state index is 0.00962. The topological polar surface area (TPSA) is 72.7 Å². The van der Waals surface area contributed by atoms with Gasteiger partial charge in [-0.3, -0.25) is 9.36 Å². The maximum absolute atomic E-state index is 14.2. The molecule has 3 aromatic carbocycles. The van der Waals surface area contributed by atoms with Crippen LogP contribution < -0.4 is 14.4 Å². The van der Waals surface area contributed by atoms with E-state index < -0.39 is 0 Å². The van der Waals surface area contributed by atoms with E-state index in [0.29, 0.717) is 48.6 Å². The van der Waals surface area contributed by atoms with Gasteiger partial charge in [0.2, 0.25) is 5.91 Å². The van der Waals surface area contributed by atoms with Crippen molar-refractivity contribution in [2.24, 2.45) is 0 Å². The number of thioether (sulfide) groups is 1. The molecule has 1 amide bonds. The highest BCUT2D eigenvalue weighted by molar-refractivity contribution is 7.99. The molecule has 8 nitrogen and oxygen atoms in total. The van der Waals surface area contributed by atoms with Crippen molar-refractivity contribution in [2.45, 2.75) is 5.16 Å². The number of carbonyl (C=O) groups excluding carboxylic acids is 1. The zero-order chi connectivity index (χ0) is 26.5. The number of hydrogen-bond acceptors (Lipinski definition) is 7. The summed E-state index contributed by atoms with van der Waals surface area (Å²) in [4.78, 5) is 16.9. The molecular formula is C28H28FN5O3S. The van der Waals surface area contributed by atoms with Gasteiger partial charge >= 0.3 is 0 Å². The molecule has 0 N–H and O–H groups in total. The van der Waals surface area contributed by atoms with Gasteiger partial charge in [-0.05, 0) is 48.5 Å². The standard InChI is InChI=1S/C28H28FN5O3S/c1-36-22-12-10-21(11-13-22)34-27(20-6-5-7-23(18-20)37-2)30-31-28(34)38-19-26(35)33-16-14-32(15-17-33)25-9-4-3-8-24(25)29/h3-13,18H,14-17,19H2,1-2H3. The first-order chi connectivity index (χ1) is 18.6. The number of nitrogens with zero attached hydrogens (tertiary/aromatic N) is 5. The van der Waals surface area contributed by atoms with Gasteiger partial charge in [0.05, 0.1) is 25.7 Å². The maximum atomic E-state index is 14.2. The molecule has 0 radical (unpaired) electrons. The van der Waals surface area contributed by atoms with Crippen LogP contribution >= 0.6 is 11.8 Å². The second kappa shape index (κ2) is 11.6. The molecule has 4 aromatic rings. The van der Waals surface area contributed by atoms with E-state index in [1.807, 2.05) is 69.0 Å². The van der Waals surface area contributed by atoms with Crippen LogP contribution in [-0.2, 0) is 4.79 Å². The van der Waals surface area contributed by atoms with Gasteiger partial charge in [0.1, 0.15) is 17.3 Å². The summed E-state index contributed by atoms with van der Waals surface area (Å²) in [6.07, 6.45) is 0. The highest BCUT2D eigenvalue weighted by atomic mass is 32.2. The molecule has 5 rings (SSSR count). The van der Waals surface area contributed by atoms with E-state index in [1.54, 1.807) is 26.4 Å². The number of amides is 1. The quantitative estimate of drug-likeness (QED) is 0.308. The van der Waals surface area contributed by atoms with Crippen LogP contribution in [0.25, 0.3) is 17.1 Å². The Hall–Kier alpha value is -4.05. The summed E-state index contributed by atoms with van der Waals surface area (Å²) in [7, 11) is 3.24. The van der Waals surface area contributed by atoms with Crippen LogP contribution in [0.1, 0.15) is 0 Å². The lowest BCUT2D eigenvalue weighted by molar-refractivity contribution is -0.128. The second-order valence-electron chi connectivity index (χ2n) is 8.68. The number of methoxy groups -OCH3 is 2. The average Bonchev–Trinajstić information content (AvgIpc) is 3.40. The summed E-state index contributed by atoms with van der Waals surface area (Å²) >= 11 is 1.34. The number of halogens is 1. The fourth-order valence-corrected chi connectivity index (χ4v) is 5.25. The largest absolute Gasteiger partial charge is 0.497 e. The Morgan fingerprint density at radius 3 is 2.34 bits per heavy atom. The zero-order valence-corrected chi connectivity index (χ0v) is 22.0. The third kappa shape index (κ3) is 5.45. The average molecular weight is 534 g/mol. The number of piperazine rings is 1. The predicted octanol–water partition coefficient (Wildman–Crippen LogP) is 4.53. The van der Waals surface area contributed by atoms with Crippen LogP contribution in [0.2, 0.25) is 0 Å². The molecular weight excluding hydrogens is 505 g/mol. The molecule has 0 bridgehead atoms. The number of aromatic nitrogens is 3. The Kier molecular flexibility index (Phi) is 7.78. The van der Waals surface area contributed by atoms with E-state index in [2.05, 4.69) is 10.2 Å². The number of ether oxygens (including phenoxy) is 2. The first-order valence-electron chi connectivity index (χ1n) is 12.2. The third-order valence-corrected chi connectivity index (χ3v) is 7.36. The van der Waals surface area contributed by atoms with E-state index in [0.717, 1.165) is 17.0 Å². The SMILES string of the molecule is COc1ccc(-n2c(SCC(=O)N3CCN(c4ccccc4F)CC3)nnc2-c2cccc(OC)c2)cc1. The molecule has 0 atom stereocenters. The monoisotopic (exact) mass is 533 g/mol. The second-order valence-corrected chi connectivity index (χ2v) is 9.62. The van der Waals surface area contributed by atoms with Gasteiger partial charge in [-0.2, -0.15) is 0 Å². The molecule has 1 aliphatic heterocycles. The molecule has 1 aliphatic rings. The Morgan fingerprint density at radius 1 is 0.895 bits per heavy atom. The molecule has 2 heterocycles. The number of carbonyl (C=O) groups is 1. The Balaban J connectivity index is 1.32. The molecule has 0 aliphatic carbocycles. The van der Waals surface area contributed by atoms with Crippen LogP contribution in [0.15, 0.2) is 78.0 Å². The van der Waals surface area contributed by atoms with Crippen LogP contribution in [0.5, 0.6) is 11.5 Å². The molecule has 0 unspecified atom stereocenters. The first kappa shape index (κ1) is 25.6. The highest BCUT2D eigenvalue weighted by Gasteiger charge is 2.24. The predicted molar refractivity (Wildman–Crippen MR) is 146 cm³/mol. The molecule has 1 aromatic heterocycles. The molecule has 0 saturated carbocycles. The number of para-hydroxylation sites is 1. The Morgan fingerprint density at radius 2 is 1.63 bits per heavy atom. The van der Waals surface area contributed by atoms with Gasteiger partial charge in [-0.25, -0.2) is 4.39 Å².